The molecule has 1 saturated heterocycles. The fourth-order valence-electron chi connectivity index (χ4n) is 1.16. The fraction of sp³-hybridized carbons (Fsp3) is 0.636. The van der Waals surface area contributed by atoms with E-state index in [1.54, 1.807) is 6.08 Å². The molecule has 0 radical (unpaired) electrons. The molecule has 0 bridgehead atoms. The Bertz CT molecular complexity index is 311. The Kier molecular flexibility index (Phi) is 5.48. The van der Waals surface area contributed by atoms with E-state index in [2.05, 4.69) is 10.2 Å². The molecule has 0 aliphatic carbocycles. The van der Waals surface area contributed by atoms with Gasteiger partial charge < -0.3 is 15.2 Å². The van der Waals surface area contributed by atoms with Crippen LogP contribution < -0.4 is 5.32 Å². The Hall–Kier alpha value is -1.56. The summed E-state index contributed by atoms with van der Waals surface area (Å²) in [6.45, 7) is 5.26. The first-order chi connectivity index (χ1) is 8.09. The molecule has 1 aliphatic rings. The van der Waals surface area contributed by atoms with E-state index in [0.29, 0.717) is 19.6 Å². The van der Waals surface area contributed by atoms with Crippen LogP contribution in [-0.4, -0.2) is 54.9 Å². The van der Waals surface area contributed by atoms with Crippen molar-refractivity contribution in [3.63, 3.8) is 0 Å². The second kappa shape index (κ2) is 6.90. The predicted molar refractivity (Wildman–Crippen MR) is 61.8 cm³/mol. The van der Waals surface area contributed by atoms with Gasteiger partial charge in [0.25, 0.3) is 0 Å². The van der Waals surface area contributed by atoms with Gasteiger partial charge in [0.1, 0.15) is 6.61 Å². The molecule has 1 heterocycles. The van der Waals surface area contributed by atoms with Gasteiger partial charge in [-0.05, 0) is 13.3 Å². The molecule has 1 fully saturated rings. The predicted octanol–water partition coefficient (Wildman–Crippen LogP) is 0.449. The van der Waals surface area contributed by atoms with Crippen molar-refractivity contribution in [1.29, 1.82) is 0 Å². The summed E-state index contributed by atoms with van der Waals surface area (Å²) in [4.78, 5) is 23.7. The largest absolute Gasteiger partial charge is 0.478 e. The molecule has 6 nitrogen and oxygen atoms in total. The number of rotatable bonds is 7. The van der Waals surface area contributed by atoms with Crippen molar-refractivity contribution in [2.24, 2.45) is 0 Å². The molecule has 0 spiro atoms. The third kappa shape index (κ3) is 6.57. The maximum absolute atomic E-state index is 11.1. The first-order valence-electron chi connectivity index (χ1n) is 5.62. The van der Waals surface area contributed by atoms with Crippen LogP contribution in [-0.2, 0) is 9.53 Å². The Morgan fingerprint density at radius 3 is 2.76 bits per heavy atom. The Balaban J connectivity index is 1.99. The van der Waals surface area contributed by atoms with Crippen molar-refractivity contribution in [2.45, 2.75) is 13.3 Å². The van der Waals surface area contributed by atoms with Crippen molar-refractivity contribution >= 4 is 12.1 Å². The Labute approximate surface area is 100 Å². The molecule has 0 aromatic heterocycles. The van der Waals surface area contributed by atoms with Crippen LogP contribution in [0.2, 0.25) is 0 Å². The van der Waals surface area contributed by atoms with E-state index >= 15 is 0 Å². The van der Waals surface area contributed by atoms with E-state index < -0.39 is 12.1 Å². The van der Waals surface area contributed by atoms with Gasteiger partial charge in [0.2, 0.25) is 0 Å². The van der Waals surface area contributed by atoms with Gasteiger partial charge in [-0.1, -0.05) is 6.08 Å². The van der Waals surface area contributed by atoms with Crippen LogP contribution in [0.1, 0.15) is 13.3 Å². The average molecular weight is 242 g/mol. The lowest BCUT2D eigenvalue weighted by Crippen LogP contribution is -2.27. The molecule has 6 heteroatoms. The fourth-order valence-corrected chi connectivity index (χ4v) is 1.16. The van der Waals surface area contributed by atoms with Gasteiger partial charge in [-0.15, -0.1) is 0 Å². The number of carbonyl (C=O) groups excluding carboxylic acids is 1. The van der Waals surface area contributed by atoms with Gasteiger partial charge in [0.05, 0.1) is 0 Å². The number of aliphatic carboxylic acids is 1. The lowest BCUT2D eigenvalue weighted by Gasteiger charge is -2.06. The number of hydrogen-bond donors (Lipinski definition) is 2. The molecule has 0 aromatic carbocycles. The molecule has 0 atom stereocenters. The van der Waals surface area contributed by atoms with Crippen molar-refractivity contribution in [3.05, 3.63) is 11.6 Å². The smallest absolute Gasteiger partial charge is 0.407 e. The first-order valence-corrected chi connectivity index (χ1v) is 5.62. The van der Waals surface area contributed by atoms with Crippen molar-refractivity contribution in [2.75, 3.05) is 32.8 Å². The van der Waals surface area contributed by atoms with Crippen LogP contribution in [0, 0.1) is 0 Å². The molecule has 2 N–H and O–H groups in total. The van der Waals surface area contributed by atoms with E-state index in [1.165, 1.54) is 6.92 Å². The molecule has 0 saturated carbocycles. The number of nitrogens with one attached hydrogen (secondary N) is 1. The molecule has 1 aliphatic heterocycles. The van der Waals surface area contributed by atoms with Gasteiger partial charge >= 0.3 is 12.1 Å². The number of ether oxygens (including phenoxy) is 1. The van der Waals surface area contributed by atoms with Gasteiger partial charge in [-0.2, -0.15) is 0 Å². The molecule has 0 unspecified atom stereocenters. The number of nitrogens with zero attached hydrogens (tertiary/aromatic N) is 1. The highest BCUT2D eigenvalue weighted by atomic mass is 16.5. The third-order valence-electron chi connectivity index (χ3n) is 2.38. The summed E-state index contributed by atoms with van der Waals surface area (Å²) < 4.78 is 4.92. The quantitative estimate of drug-likeness (QED) is 0.385. The van der Waals surface area contributed by atoms with E-state index in [9.17, 15) is 9.59 Å². The minimum Gasteiger partial charge on any atom is -0.478 e. The summed E-state index contributed by atoms with van der Waals surface area (Å²) in [5.74, 6) is -0.939. The Morgan fingerprint density at radius 2 is 2.18 bits per heavy atom. The zero-order valence-electron chi connectivity index (χ0n) is 9.94. The van der Waals surface area contributed by atoms with Gasteiger partial charge in [0.15, 0.2) is 0 Å². The Morgan fingerprint density at radius 1 is 1.47 bits per heavy atom. The second-order valence-corrected chi connectivity index (χ2v) is 3.89. The summed E-state index contributed by atoms with van der Waals surface area (Å²) in [7, 11) is 0. The van der Waals surface area contributed by atoms with Crippen molar-refractivity contribution in [1.82, 2.24) is 10.2 Å². The molecular formula is C11H18N2O4. The lowest BCUT2D eigenvalue weighted by molar-refractivity contribution is -0.132. The second-order valence-electron chi connectivity index (χ2n) is 3.89. The molecule has 17 heavy (non-hydrogen) atoms. The lowest BCUT2D eigenvalue weighted by atomic mass is 10.2. The van der Waals surface area contributed by atoms with E-state index in [-0.39, 0.29) is 5.57 Å². The monoisotopic (exact) mass is 242 g/mol. The highest BCUT2D eigenvalue weighted by Gasteiger charge is 2.16. The first kappa shape index (κ1) is 13.5. The van der Waals surface area contributed by atoms with Crippen LogP contribution in [0.5, 0.6) is 0 Å². The summed E-state index contributed by atoms with van der Waals surface area (Å²) >= 11 is 0. The number of amides is 1. The van der Waals surface area contributed by atoms with E-state index in [4.69, 9.17) is 9.84 Å². The molecule has 96 valence electrons. The topological polar surface area (TPSA) is 78.6 Å². The zero-order valence-corrected chi connectivity index (χ0v) is 9.94. The van der Waals surface area contributed by atoms with Gasteiger partial charge in [-0.3, -0.25) is 4.90 Å². The average Bonchev–Trinajstić information content (AvgIpc) is 3.08. The summed E-state index contributed by atoms with van der Waals surface area (Å²) in [5, 5.41) is 11.1. The standard InChI is InChI=1S/C11H18N2O4/c1-9(10(14)15)3-2-4-12-11(16)17-8-7-13-5-6-13/h3H,2,4-8H2,1H3,(H,12,16)(H,14,15). The highest BCUT2D eigenvalue weighted by molar-refractivity contribution is 5.85. The molecule has 0 aromatic rings. The number of carbonyl (C=O) groups is 2. The summed E-state index contributed by atoms with van der Waals surface area (Å²) in [6.07, 6.45) is 1.60. The number of alkyl carbamates (subject to hydrolysis) is 1. The minimum absolute atomic E-state index is 0.279. The number of carboxylic acid groups (broad SMARTS) is 1. The van der Waals surface area contributed by atoms with Crippen LogP contribution in [0.4, 0.5) is 4.79 Å². The van der Waals surface area contributed by atoms with Crippen molar-refractivity contribution < 1.29 is 19.4 Å². The third-order valence-corrected chi connectivity index (χ3v) is 2.38. The van der Waals surface area contributed by atoms with Crippen molar-refractivity contribution in [3.8, 4) is 0 Å². The maximum atomic E-state index is 11.1. The maximum Gasteiger partial charge on any atom is 0.407 e. The SMILES string of the molecule is CC(=CCCNC(=O)OCCN1CC1)C(=O)O. The van der Waals surface area contributed by atoms with Crippen LogP contribution >= 0.6 is 0 Å². The van der Waals surface area contributed by atoms with Crippen LogP contribution in [0.3, 0.4) is 0 Å². The van der Waals surface area contributed by atoms with Gasteiger partial charge in [0, 0.05) is 31.8 Å². The van der Waals surface area contributed by atoms with E-state index in [1.807, 2.05) is 0 Å². The molecule has 1 amide bonds. The number of hydrogen-bond acceptors (Lipinski definition) is 4. The normalized spacial score (nSPS) is 15.5. The molecular weight excluding hydrogens is 224 g/mol. The highest BCUT2D eigenvalue weighted by Crippen LogP contribution is 2.01. The number of carboxylic acids is 1. The van der Waals surface area contributed by atoms with Crippen LogP contribution in [0.25, 0.3) is 0 Å². The molecule has 1 rings (SSSR count). The van der Waals surface area contributed by atoms with E-state index in [0.717, 1.165) is 19.6 Å². The zero-order chi connectivity index (χ0) is 12.7. The van der Waals surface area contributed by atoms with Crippen LogP contribution in [0.15, 0.2) is 11.6 Å². The summed E-state index contributed by atoms with van der Waals surface area (Å²) in [6, 6.07) is 0. The van der Waals surface area contributed by atoms with Gasteiger partial charge in [-0.25, -0.2) is 9.59 Å². The summed E-state index contributed by atoms with van der Waals surface area (Å²) in [5.41, 5.74) is 0.279. The minimum atomic E-state index is -0.939.